The van der Waals surface area contributed by atoms with Crippen LogP contribution in [0.5, 0.6) is 0 Å². The van der Waals surface area contributed by atoms with E-state index in [1.165, 1.54) is 12.1 Å². The molecule has 1 fully saturated rings. The number of Topliss-reactive ketones (excluding diaryl/α,β-unsaturated/α-hetero) is 1. The lowest BCUT2D eigenvalue weighted by Gasteiger charge is -2.10. The topological polar surface area (TPSA) is 75.3 Å². The van der Waals surface area contributed by atoms with Crippen molar-refractivity contribution in [3.05, 3.63) is 29.8 Å². The van der Waals surface area contributed by atoms with Crippen molar-refractivity contribution in [2.75, 3.05) is 19.6 Å². The van der Waals surface area contributed by atoms with Crippen LogP contribution in [-0.4, -0.2) is 33.8 Å². The minimum absolute atomic E-state index is 0.0518. The lowest BCUT2D eigenvalue weighted by Crippen LogP contribution is -2.26. The van der Waals surface area contributed by atoms with Gasteiger partial charge in [0.05, 0.1) is 4.90 Å². The quantitative estimate of drug-likeness (QED) is 0.749. The average molecular weight is 310 g/mol. The number of sulfonamides is 1. The molecule has 116 valence electrons. The van der Waals surface area contributed by atoms with Crippen LogP contribution >= 0.6 is 0 Å². The molecule has 1 heterocycles. The monoisotopic (exact) mass is 310 g/mol. The summed E-state index contributed by atoms with van der Waals surface area (Å²) >= 11 is 0. The third-order valence-corrected chi connectivity index (χ3v) is 5.25. The number of hydrogen-bond acceptors (Lipinski definition) is 4. The maximum absolute atomic E-state index is 12.2. The van der Waals surface area contributed by atoms with Crippen molar-refractivity contribution >= 4 is 15.8 Å². The molecule has 2 rings (SSSR count). The molecule has 0 bridgehead atoms. The molecule has 21 heavy (non-hydrogen) atoms. The van der Waals surface area contributed by atoms with Gasteiger partial charge in [0.1, 0.15) is 0 Å². The Bertz CT molecular complexity index is 593. The van der Waals surface area contributed by atoms with Gasteiger partial charge in [0, 0.05) is 18.5 Å². The summed E-state index contributed by atoms with van der Waals surface area (Å²) in [6.45, 7) is 4.17. The molecular weight excluding hydrogens is 288 g/mol. The van der Waals surface area contributed by atoms with Crippen LogP contribution in [0.25, 0.3) is 0 Å². The molecule has 1 aliphatic rings. The largest absolute Gasteiger partial charge is 0.316 e. The Morgan fingerprint density at radius 3 is 2.90 bits per heavy atom. The third kappa shape index (κ3) is 4.36. The maximum Gasteiger partial charge on any atom is 0.240 e. The molecule has 2 N–H and O–H groups in total. The summed E-state index contributed by atoms with van der Waals surface area (Å²) in [5.41, 5.74) is 0.445. The zero-order valence-corrected chi connectivity index (χ0v) is 13.1. The van der Waals surface area contributed by atoms with Crippen molar-refractivity contribution < 1.29 is 13.2 Å². The van der Waals surface area contributed by atoms with Gasteiger partial charge in [0.2, 0.25) is 10.0 Å². The summed E-state index contributed by atoms with van der Waals surface area (Å²) in [5, 5.41) is 3.26. The summed E-state index contributed by atoms with van der Waals surface area (Å²) in [6.07, 6.45) is 2.30. The fraction of sp³-hybridized carbons (Fsp3) is 0.533. The number of carbonyl (C=O) groups excluding carboxylic acids is 1. The van der Waals surface area contributed by atoms with Crippen LogP contribution in [0, 0.1) is 5.92 Å². The Kier molecular flexibility index (Phi) is 5.50. The number of hydrogen-bond donors (Lipinski definition) is 2. The Morgan fingerprint density at radius 2 is 2.24 bits per heavy atom. The van der Waals surface area contributed by atoms with Crippen molar-refractivity contribution in [2.45, 2.75) is 31.1 Å². The Labute approximate surface area is 126 Å². The van der Waals surface area contributed by atoms with Crippen molar-refractivity contribution in [2.24, 2.45) is 5.92 Å². The van der Waals surface area contributed by atoms with Crippen LogP contribution in [0.15, 0.2) is 29.2 Å². The van der Waals surface area contributed by atoms with Gasteiger partial charge in [-0.1, -0.05) is 19.1 Å². The van der Waals surface area contributed by atoms with Gasteiger partial charge in [-0.25, -0.2) is 13.1 Å². The second kappa shape index (κ2) is 7.15. The standard InChI is InChI=1S/C15H22N2O3S/c1-2-15(18)13-4-3-5-14(10-13)21(19,20)17-9-7-12-6-8-16-11-12/h3-5,10,12,16-17H,2,6-9,11H2,1H3. The molecule has 1 atom stereocenters. The molecular formula is C15H22N2O3S. The highest BCUT2D eigenvalue weighted by atomic mass is 32.2. The molecule has 0 radical (unpaired) electrons. The lowest BCUT2D eigenvalue weighted by atomic mass is 10.1. The van der Waals surface area contributed by atoms with Crippen LogP contribution in [0.4, 0.5) is 0 Å². The van der Waals surface area contributed by atoms with Gasteiger partial charge in [-0.2, -0.15) is 0 Å². The summed E-state index contributed by atoms with van der Waals surface area (Å²) in [6, 6.07) is 6.23. The Morgan fingerprint density at radius 1 is 1.43 bits per heavy atom. The molecule has 0 aromatic heterocycles. The van der Waals surface area contributed by atoms with Crippen LogP contribution in [0.1, 0.15) is 36.5 Å². The van der Waals surface area contributed by atoms with Crippen molar-refractivity contribution in [3.8, 4) is 0 Å². The van der Waals surface area contributed by atoms with E-state index in [1.54, 1.807) is 19.1 Å². The zero-order valence-electron chi connectivity index (χ0n) is 12.3. The fourth-order valence-corrected chi connectivity index (χ4v) is 3.58. The molecule has 1 aromatic rings. The third-order valence-electron chi connectivity index (χ3n) is 3.79. The molecule has 0 saturated carbocycles. The highest BCUT2D eigenvalue weighted by Crippen LogP contribution is 2.15. The first kappa shape index (κ1) is 16.1. The number of benzene rings is 1. The fourth-order valence-electron chi connectivity index (χ4n) is 2.48. The van der Waals surface area contributed by atoms with Gasteiger partial charge in [0.25, 0.3) is 0 Å². The van der Waals surface area contributed by atoms with Crippen molar-refractivity contribution in [1.29, 1.82) is 0 Å². The van der Waals surface area contributed by atoms with Gasteiger partial charge >= 0.3 is 0 Å². The van der Waals surface area contributed by atoms with Crippen LogP contribution in [0.2, 0.25) is 0 Å². The van der Waals surface area contributed by atoms with E-state index >= 15 is 0 Å². The van der Waals surface area contributed by atoms with Gasteiger partial charge < -0.3 is 5.32 Å². The summed E-state index contributed by atoms with van der Waals surface area (Å²) in [7, 11) is -3.54. The first-order chi connectivity index (χ1) is 10.0. The number of carbonyl (C=O) groups is 1. The molecule has 0 amide bonds. The van der Waals surface area contributed by atoms with E-state index < -0.39 is 10.0 Å². The highest BCUT2D eigenvalue weighted by Gasteiger charge is 2.18. The van der Waals surface area contributed by atoms with Gasteiger partial charge in [-0.3, -0.25) is 4.79 Å². The van der Waals surface area contributed by atoms with E-state index in [0.717, 1.165) is 25.9 Å². The normalized spacial score (nSPS) is 18.8. The lowest BCUT2D eigenvalue weighted by molar-refractivity contribution is 0.0988. The van der Waals surface area contributed by atoms with Crippen molar-refractivity contribution in [3.63, 3.8) is 0 Å². The van der Waals surface area contributed by atoms with E-state index in [4.69, 9.17) is 0 Å². The van der Waals surface area contributed by atoms with Gasteiger partial charge in [-0.05, 0) is 44.0 Å². The van der Waals surface area contributed by atoms with E-state index in [-0.39, 0.29) is 10.7 Å². The van der Waals surface area contributed by atoms with Gasteiger partial charge in [-0.15, -0.1) is 0 Å². The predicted molar refractivity (Wildman–Crippen MR) is 81.8 cm³/mol. The van der Waals surface area contributed by atoms with E-state index in [9.17, 15) is 13.2 Å². The summed E-state index contributed by atoms with van der Waals surface area (Å²) < 4.78 is 27.1. The SMILES string of the molecule is CCC(=O)c1cccc(S(=O)(=O)NCCC2CCNC2)c1. The summed E-state index contributed by atoms with van der Waals surface area (Å²) in [4.78, 5) is 11.8. The molecule has 1 aliphatic heterocycles. The molecule has 0 spiro atoms. The Hall–Kier alpha value is -1.24. The van der Waals surface area contributed by atoms with Gasteiger partial charge in [0.15, 0.2) is 5.78 Å². The molecule has 6 heteroatoms. The molecule has 1 aromatic carbocycles. The van der Waals surface area contributed by atoms with Crippen molar-refractivity contribution in [1.82, 2.24) is 10.0 Å². The predicted octanol–water partition coefficient (Wildman–Crippen LogP) is 1.56. The smallest absolute Gasteiger partial charge is 0.240 e. The number of rotatable bonds is 7. The second-order valence-electron chi connectivity index (χ2n) is 5.35. The van der Waals surface area contributed by atoms with Crippen LogP contribution in [-0.2, 0) is 10.0 Å². The van der Waals surface area contributed by atoms with E-state index in [1.807, 2.05) is 0 Å². The number of ketones is 1. The molecule has 1 unspecified atom stereocenters. The average Bonchev–Trinajstić information content (AvgIpc) is 2.99. The zero-order chi connectivity index (χ0) is 15.3. The molecule has 5 nitrogen and oxygen atoms in total. The first-order valence-electron chi connectivity index (χ1n) is 7.36. The molecule has 1 saturated heterocycles. The molecule has 0 aliphatic carbocycles. The van der Waals surface area contributed by atoms with Crippen LogP contribution < -0.4 is 10.0 Å². The minimum atomic E-state index is -3.54. The maximum atomic E-state index is 12.2. The van der Waals surface area contributed by atoms with E-state index in [2.05, 4.69) is 10.0 Å². The first-order valence-corrected chi connectivity index (χ1v) is 8.85. The Balaban J connectivity index is 1.99. The highest BCUT2D eigenvalue weighted by molar-refractivity contribution is 7.89. The second-order valence-corrected chi connectivity index (χ2v) is 7.12. The van der Waals surface area contributed by atoms with Crippen LogP contribution in [0.3, 0.4) is 0 Å². The minimum Gasteiger partial charge on any atom is -0.316 e. The summed E-state index contributed by atoms with van der Waals surface area (Å²) in [5.74, 6) is 0.491. The number of nitrogens with one attached hydrogen (secondary N) is 2. The van der Waals surface area contributed by atoms with E-state index in [0.29, 0.717) is 24.4 Å².